The molecule has 8 atom stereocenters. The molecule has 26 heavy (non-hydrogen) atoms. The molecular weight excluding hydrogens is 336 g/mol. The molecule has 8 unspecified atom stereocenters. The maximum atomic E-state index is 13.2. The number of rotatable bonds is 0. The van der Waals surface area contributed by atoms with Gasteiger partial charge in [-0.25, -0.2) is 0 Å². The molecule has 0 aromatic rings. The third-order valence-corrected chi connectivity index (χ3v) is 8.95. The smallest absolute Gasteiger partial charge is 0.321 e. The summed E-state index contributed by atoms with van der Waals surface area (Å²) in [7, 11) is 0. The zero-order valence-corrected chi connectivity index (χ0v) is 14.6. The summed E-state index contributed by atoms with van der Waals surface area (Å²) in [6.07, 6.45) is 7.67. The predicted octanol–water partition coefficient (Wildman–Crippen LogP) is 2.00. The Labute approximate surface area is 151 Å². The molecule has 2 aliphatic heterocycles. The average Bonchev–Trinajstić information content (AvgIpc) is 3.16. The lowest BCUT2D eigenvalue weighted by Crippen LogP contribution is -2.59. The Morgan fingerprint density at radius 2 is 1.42 bits per heavy atom. The predicted molar refractivity (Wildman–Crippen MR) is 84.9 cm³/mol. The van der Waals surface area contributed by atoms with Crippen LogP contribution in [-0.4, -0.2) is 23.9 Å². The summed E-state index contributed by atoms with van der Waals surface area (Å²) in [6, 6.07) is 0. The van der Waals surface area contributed by atoms with Gasteiger partial charge in [-0.1, -0.05) is 25.7 Å². The zero-order chi connectivity index (χ0) is 17.8. The maximum Gasteiger partial charge on any atom is 0.321 e. The Bertz CT molecular complexity index is 772. The Morgan fingerprint density at radius 3 is 2.27 bits per heavy atom. The summed E-state index contributed by atoms with van der Waals surface area (Å²) >= 11 is 0. The van der Waals surface area contributed by atoms with Gasteiger partial charge in [-0.05, 0) is 43.4 Å². The molecule has 6 aliphatic rings. The number of hydrogen-bond acceptors (Lipinski definition) is 6. The van der Waals surface area contributed by atoms with Crippen molar-refractivity contribution < 1.29 is 28.7 Å². The number of ether oxygens (including phenoxy) is 2. The number of carbonyl (C=O) groups is 4. The molecule has 6 rings (SSSR count). The van der Waals surface area contributed by atoms with Gasteiger partial charge in [0.05, 0.1) is 23.2 Å². The maximum absolute atomic E-state index is 13.2. The van der Waals surface area contributed by atoms with Crippen LogP contribution in [0.1, 0.15) is 51.4 Å². The molecule has 2 bridgehead atoms. The summed E-state index contributed by atoms with van der Waals surface area (Å²) in [6.45, 7) is 0. The van der Waals surface area contributed by atoms with Crippen LogP contribution >= 0.6 is 0 Å². The van der Waals surface area contributed by atoms with Crippen LogP contribution in [0.2, 0.25) is 0 Å². The Balaban J connectivity index is 1.69. The number of esters is 4. The van der Waals surface area contributed by atoms with Crippen molar-refractivity contribution in [1.29, 1.82) is 0 Å². The highest BCUT2D eigenvalue weighted by molar-refractivity contribution is 6.09. The normalized spacial score (nSPS) is 54.2. The van der Waals surface area contributed by atoms with Crippen LogP contribution in [0, 0.1) is 46.3 Å². The number of carbonyl (C=O) groups excluding carboxylic acids is 4. The molecule has 0 aromatic carbocycles. The third kappa shape index (κ3) is 1.32. The summed E-state index contributed by atoms with van der Waals surface area (Å²) in [5, 5.41) is 0. The van der Waals surface area contributed by atoms with Gasteiger partial charge in [0.1, 0.15) is 0 Å². The van der Waals surface area contributed by atoms with Crippen molar-refractivity contribution in [1.82, 2.24) is 0 Å². The van der Waals surface area contributed by atoms with E-state index in [1.54, 1.807) is 0 Å². The highest BCUT2D eigenvalue weighted by Gasteiger charge is 2.88. The molecule has 0 aromatic heterocycles. The van der Waals surface area contributed by atoms with Crippen LogP contribution in [-0.2, 0) is 28.7 Å². The summed E-state index contributed by atoms with van der Waals surface area (Å²) < 4.78 is 10.3. The lowest BCUT2D eigenvalue weighted by Gasteiger charge is -2.58. The highest BCUT2D eigenvalue weighted by Crippen LogP contribution is 2.80. The molecule has 0 radical (unpaired) electrons. The topological polar surface area (TPSA) is 86.7 Å². The Hall–Kier alpha value is -1.72. The second-order valence-corrected chi connectivity index (χ2v) is 9.29. The molecule has 1 spiro atoms. The van der Waals surface area contributed by atoms with Crippen molar-refractivity contribution in [2.45, 2.75) is 51.4 Å². The first-order valence-electron chi connectivity index (χ1n) is 10.1. The van der Waals surface area contributed by atoms with E-state index in [9.17, 15) is 19.2 Å². The molecule has 6 fully saturated rings. The first kappa shape index (κ1) is 15.3. The molecule has 4 aliphatic carbocycles. The lowest BCUT2D eigenvalue weighted by molar-refractivity contribution is -0.179. The van der Waals surface area contributed by atoms with Gasteiger partial charge in [0.2, 0.25) is 0 Å². The SMILES string of the molecule is O=C1OC(=O)C2C1C13CCCCC1C1CCCCC1C21C(=O)OC(=O)C31. The summed E-state index contributed by atoms with van der Waals surface area (Å²) in [4.78, 5) is 51.7. The van der Waals surface area contributed by atoms with E-state index in [2.05, 4.69) is 0 Å². The zero-order valence-electron chi connectivity index (χ0n) is 14.6. The van der Waals surface area contributed by atoms with Crippen molar-refractivity contribution in [3.63, 3.8) is 0 Å². The minimum absolute atomic E-state index is 0.0372. The quantitative estimate of drug-likeness (QED) is 0.486. The molecule has 2 saturated heterocycles. The van der Waals surface area contributed by atoms with Crippen LogP contribution in [0.25, 0.3) is 0 Å². The molecule has 0 amide bonds. The summed E-state index contributed by atoms with van der Waals surface area (Å²) in [5.41, 5.74) is -1.77. The van der Waals surface area contributed by atoms with Gasteiger partial charge in [-0.2, -0.15) is 0 Å². The van der Waals surface area contributed by atoms with E-state index in [1.165, 1.54) is 0 Å². The van der Waals surface area contributed by atoms with Gasteiger partial charge in [-0.3, -0.25) is 19.2 Å². The lowest BCUT2D eigenvalue weighted by atomic mass is 9.42. The minimum Gasteiger partial charge on any atom is -0.393 e. The third-order valence-electron chi connectivity index (χ3n) is 8.95. The van der Waals surface area contributed by atoms with Crippen molar-refractivity contribution in [2.75, 3.05) is 0 Å². The van der Waals surface area contributed by atoms with E-state index in [-0.39, 0.29) is 11.8 Å². The average molecular weight is 358 g/mol. The first-order chi connectivity index (χ1) is 12.5. The molecule has 6 heteroatoms. The summed E-state index contributed by atoms with van der Waals surface area (Å²) in [5.74, 6) is -3.71. The largest absolute Gasteiger partial charge is 0.393 e. The Morgan fingerprint density at radius 1 is 0.731 bits per heavy atom. The molecule has 138 valence electrons. The van der Waals surface area contributed by atoms with Crippen molar-refractivity contribution in [2.24, 2.45) is 46.3 Å². The van der Waals surface area contributed by atoms with E-state index >= 15 is 0 Å². The van der Waals surface area contributed by atoms with Gasteiger partial charge in [-0.15, -0.1) is 0 Å². The molecular formula is C20H22O6. The fourth-order valence-corrected chi connectivity index (χ4v) is 8.64. The van der Waals surface area contributed by atoms with Gasteiger partial charge in [0, 0.05) is 5.41 Å². The highest BCUT2D eigenvalue weighted by atomic mass is 16.6. The monoisotopic (exact) mass is 358 g/mol. The van der Waals surface area contributed by atoms with Crippen LogP contribution in [0.5, 0.6) is 0 Å². The molecule has 2 heterocycles. The number of hydrogen-bond donors (Lipinski definition) is 0. The molecule has 4 saturated carbocycles. The number of cyclic esters (lactones) is 4. The minimum atomic E-state index is -1.15. The van der Waals surface area contributed by atoms with Crippen LogP contribution in [0.15, 0.2) is 0 Å². The fourth-order valence-electron chi connectivity index (χ4n) is 8.64. The number of fused-ring (bicyclic) bond motifs is 3. The fraction of sp³-hybridized carbons (Fsp3) is 0.800. The second kappa shape index (κ2) is 4.57. The van der Waals surface area contributed by atoms with Crippen LogP contribution in [0.3, 0.4) is 0 Å². The van der Waals surface area contributed by atoms with Crippen LogP contribution in [0.4, 0.5) is 0 Å². The van der Waals surface area contributed by atoms with Crippen molar-refractivity contribution >= 4 is 23.9 Å². The molecule has 6 nitrogen and oxygen atoms in total. The van der Waals surface area contributed by atoms with Crippen LogP contribution < -0.4 is 0 Å². The van der Waals surface area contributed by atoms with Gasteiger partial charge in [0.25, 0.3) is 0 Å². The Kier molecular flexibility index (Phi) is 2.70. The van der Waals surface area contributed by atoms with Gasteiger partial charge < -0.3 is 9.47 Å². The van der Waals surface area contributed by atoms with Gasteiger partial charge >= 0.3 is 23.9 Å². The molecule has 0 N–H and O–H groups in total. The standard InChI is InChI=1S/C20H22O6/c21-15-12-13(16(22)25-15)20-11-7-2-1-5-9(11)10-6-3-4-8-19(10,12)14(20)17(23)26-18(20)24/h9-14H,1-8H2. The second-order valence-electron chi connectivity index (χ2n) is 9.29. The van der Waals surface area contributed by atoms with Gasteiger partial charge in [0.15, 0.2) is 0 Å². The van der Waals surface area contributed by atoms with E-state index in [1.807, 2.05) is 0 Å². The first-order valence-corrected chi connectivity index (χ1v) is 10.1. The van der Waals surface area contributed by atoms with E-state index in [0.29, 0.717) is 5.92 Å². The van der Waals surface area contributed by atoms with E-state index in [0.717, 1.165) is 51.4 Å². The van der Waals surface area contributed by atoms with Crippen molar-refractivity contribution in [3.05, 3.63) is 0 Å². The van der Waals surface area contributed by atoms with E-state index < -0.39 is 52.5 Å². The van der Waals surface area contributed by atoms with E-state index in [4.69, 9.17) is 9.47 Å². The van der Waals surface area contributed by atoms with Crippen molar-refractivity contribution in [3.8, 4) is 0 Å².